The molecule has 9 heteroatoms. The van der Waals surface area contributed by atoms with Gasteiger partial charge in [-0.2, -0.15) is 0 Å². The van der Waals surface area contributed by atoms with E-state index >= 15 is 0 Å². The van der Waals surface area contributed by atoms with E-state index in [4.69, 9.17) is 0 Å². The normalized spacial score (nSPS) is 11.6. The number of amides is 2. The average Bonchev–Trinajstić information content (AvgIpc) is 3.17. The van der Waals surface area contributed by atoms with E-state index in [-0.39, 0.29) is 23.3 Å². The van der Waals surface area contributed by atoms with E-state index in [1.807, 2.05) is 32.0 Å². The lowest BCUT2D eigenvalue weighted by atomic mass is 10.1. The minimum absolute atomic E-state index is 0.0215. The minimum Gasteiger partial charge on any atom is -0.342 e. The van der Waals surface area contributed by atoms with Crippen molar-refractivity contribution in [2.24, 2.45) is 0 Å². The Balaban J connectivity index is 1.67. The highest BCUT2D eigenvalue weighted by Gasteiger charge is 2.20. The molecular weight excluding hydrogens is 429 g/mol. The van der Waals surface area contributed by atoms with Gasteiger partial charge in [0.05, 0.1) is 17.5 Å². The van der Waals surface area contributed by atoms with E-state index in [0.29, 0.717) is 23.1 Å². The smallest absolute Gasteiger partial charge is 0.251 e. The van der Waals surface area contributed by atoms with Crippen molar-refractivity contribution in [3.8, 4) is 0 Å². The standard InChI is InChI=1S/C23H24FN5O2S/c1-4-12-29-21(16(3)25-22(31)17-9-7-8-15(2)13-17)27-28-23(29)32-14-20(30)26-19-11-6-5-10-18(19)24/h4-11,13,16H,1,12,14H2,2-3H3,(H,25,31)(H,26,30)/t16-/m0/s1. The molecule has 0 aliphatic rings. The first-order valence-electron chi connectivity index (χ1n) is 9.97. The van der Waals surface area contributed by atoms with Crippen LogP contribution < -0.4 is 10.6 Å². The molecule has 2 N–H and O–H groups in total. The molecule has 166 valence electrons. The quantitative estimate of drug-likeness (QED) is 0.376. The van der Waals surface area contributed by atoms with Crippen molar-refractivity contribution < 1.29 is 14.0 Å². The number of nitrogens with zero attached hydrogens (tertiary/aromatic N) is 3. The van der Waals surface area contributed by atoms with Gasteiger partial charge < -0.3 is 15.2 Å². The number of allylic oxidation sites excluding steroid dienone is 1. The first-order chi connectivity index (χ1) is 15.4. The molecule has 1 atom stereocenters. The molecule has 2 amide bonds. The van der Waals surface area contributed by atoms with Crippen LogP contribution in [0.4, 0.5) is 10.1 Å². The van der Waals surface area contributed by atoms with Crippen LogP contribution in [-0.4, -0.2) is 32.3 Å². The van der Waals surface area contributed by atoms with Gasteiger partial charge in [-0.05, 0) is 38.1 Å². The van der Waals surface area contributed by atoms with Crippen LogP contribution in [0.25, 0.3) is 0 Å². The van der Waals surface area contributed by atoms with Crippen molar-refractivity contribution in [1.82, 2.24) is 20.1 Å². The number of halogens is 1. The summed E-state index contributed by atoms with van der Waals surface area (Å²) in [5.41, 5.74) is 1.68. The molecule has 0 aliphatic carbocycles. The van der Waals surface area contributed by atoms with Gasteiger partial charge in [0.15, 0.2) is 11.0 Å². The van der Waals surface area contributed by atoms with E-state index in [1.54, 1.807) is 28.8 Å². The van der Waals surface area contributed by atoms with Gasteiger partial charge >= 0.3 is 0 Å². The predicted octanol–water partition coefficient (Wildman–Crippen LogP) is 4.13. The van der Waals surface area contributed by atoms with Crippen molar-refractivity contribution >= 4 is 29.3 Å². The maximum atomic E-state index is 13.7. The van der Waals surface area contributed by atoms with Gasteiger partial charge in [0.2, 0.25) is 5.91 Å². The Morgan fingerprint density at radius 1 is 1.22 bits per heavy atom. The van der Waals surface area contributed by atoms with Gasteiger partial charge in [-0.3, -0.25) is 9.59 Å². The predicted molar refractivity (Wildman–Crippen MR) is 123 cm³/mol. The third-order valence-corrected chi connectivity index (χ3v) is 5.52. The number of carbonyl (C=O) groups is 2. The summed E-state index contributed by atoms with van der Waals surface area (Å²) in [7, 11) is 0. The number of hydrogen-bond donors (Lipinski definition) is 2. The number of aryl methyl sites for hydroxylation is 1. The van der Waals surface area contributed by atoms with E-state index in [9.17, 15) is 14.0 Å². The first-order valence-corrected chi connectivity index (χ1v) is 11.0. The van der Waals surface area contributed by atoms with Crippen LogP contribution in [0.15, 0.2) is 66.3 Å². The molecule has 7 nitrogen and oxygen atoms in total. The lowest BCUT2D eigenvalue weighted by molar-refractivity contribution is -0.113. The summed E-state index contributed by atoms with van der Waals surface area (Å²) in [6.45, 7) is 7.91. The highest BCUT2D eigenvalue weighted by molar-refractivity contribution is 7.99. The van der Waals surface area contributed by atoms with Crippen LogP contribution in [0, 0.1) is 12.7 Å². The fourth-order valence-electron chi connectivity index (χ4n) is 3.04. The number of para-hydroxylation sites is 1. The zero-order valence-electron chi connectivity index (χ0n) is 17.8. The van der Waals surface area contributed by atoms with Crippen molar-refractivity contribution in [1.29, 1.82) is 0 Å². The Kier molecular flexibility index (Phi) is 7.77. The first kappa shape index (κ1) is 23.2. The summed E-state index contributed by atoms with van der Waals surface area (Å²) in [6, 6.07) is 12.9. The molecule has 0 fully saturated rings. The second-order valence-electron chi connectivity index (χ2n) is 7.12. The lowest BCUT2D eigenvalue weighted by Gasteiger charge is -2.15. The fraction of sp³-hybridized carbons (Fsp3) is 0.217. The number of hydrogen-bond acceptors (Lipinski definition) is 5. The van der Waals surface area contributed by atoms with Gasteiger partial charge in [0, 0.05) is 12.1 Å². The van der Waals surface area contributed by atoms with Crippen molar-refractivity contribution in [2.75, 3.05) is 11.1 Å². The molecule has 0 aliphatic heterocycles. The summed E-state index contributed by atoms with van der Waals surface area (Å²) >= 11 is 1.17. The molecule has 3 aromatic rings. The highest BCUT2D eigenvalue weighted by atomic mass is 32.2. The molecule has 0 bridgehead atoms. The number of nitrogens with one attached hydrogen (secondary N) is 2. The van der Waals surface area contributed by atoms with Gasteiger partial charge in [-0.15, -0.1) is 16.8 Å². The molecule has 32 heavy (non-hydrogen) atoms. The fourth-order valence-corrected chi connectivity index (χ4v) is 3.79. The van der Waals surface area contributed by atoms with Crippen LogP contribution in [0.5, 0.6) is 0 Å². The minimum atomic E-state index is -0.499. The summed E-state index contributed by atoms with van der Waals surface area (Å²) in [4.78, 5) is 24.8. The third-order valence-electron chi connectivity index (χ3n) is 4.55. The molecule has 2 aromatic carbocycles. The van der Waals surface area contributed by atoms with Crippen LogP contribution in [0.3, 0.4) is 0 Å². The SMILES string of the molecule is C=CCn1c(SCC(=O)Nc2ccccc2F)nnc1[C@H](C)NC(=O)c1cccc(C)c1. The molecular formula is C23H24FN5O2S. The Labute approximate surface area is 190 Å². The average molecular weight is 454 g/mol. The number of benzene rings is 2. The monoisotopic (exact) mass is 453 g/mol. The zero-order valence-corrected chi connectivity index (χ0v) is 18.7. The number of thioether (sulfide) groups is 1. The van der Waals surface area contributed by atoms with Gasteiger partial charge in [0.1, 0.15) is 5.82 Å². The van der Waals surface area contributed by atoms with E-state index in [2.05, 4.69) is 27.4 Å². The second kappa shape index (κ2) is 10.7. The summed E-state index contributed by atoms with van der Waals surface area (Å²) in [6.07, 6.45) is 1.69. The number of carbonyl (C=O) groups excluding carboxylic acids is 2. The Bertz CT molecular complexity index is 1130. The Morgan fingerprint density at radius 2 is 2.00 bits per heavy atom. The summed E-state index contributed by atoms with van der Waals surface area (Å²) in [5, 5.41) is 14.4. The Morgan fingerprint density at radius 3 is 2.72 bits per heavy atom. The van der Waals surface area contributed by atoms with E-state index in [1.165, 1.54) is 23.9 Å². The zero-order chi connectivity index (χ0) is 23.1. The van der Waals surface area contributed by atoms with E-state index < -0.39 is 11.9 Å². The maximum Gasteiger partial charge on any atom is 0.251 e. The molecule has 1 heterocycles. The van der Waals surface area contributed by atoms with Gasteiger partial charge in [-0.1, -0.05) is 47.7 Å². The molecule has 3 rings (SSSR count). The number of rotatable bonds is 9. The molecule has 1 aromatic heterocycles. The maximum absolute atomic E-state index is 13.7. The molecule has 0 radical (unpaired) electrons. The lowest BCUT2D eigenvalue weighted by Crippen LogP contribution is -2.29. The van der Waals surface area contributed by atoms with Crippen molar-refractivity contribution in [3.63, 3.8) is 0 Å². The summed E-state index contributed by atoms with van der Waals surface area (Å²) in [5.74, 6) is -0.513. The van der Waals surface area contributed by atoms with Crippen LogP contribution in [0.1, 0.15) is 34.7 Å². The van der Waals surface area contributed by atoms with Crippen LogP contribution >= 0.6 is 11.8 Å². The molecule has 0 spiro atoms. The summed E-state index contributed by atoms with van der Waals surface area (Å²) < 4.78 is 15.5. The highest BCUT2D eigenvalue weighted by Crippen LogP contribution is 2.22. The van der Waals surface area contributed by atoms with Gasteiger partial charge in [-0.25, -0.2) is 4.39 Å². The topological polar surface area (TPSA) is 88.9 Å². The van der Waals surface area contributed by atoms with Crippen LogP contribution in [0.2, 0.25) is 0 Å². The van der Waals surface area contributed by atoms with E-state index in [0.717, 1.165) is 5.56 Å². The van der Waals surface area contributed by atoms with Crippen LogP contribution in [-0.2, 0) is 11.3 Å². The third kappa shape index (κ3) is 5.82. The Hall–Kier alpha value is -3.46. The second-order valence-corrected chi connectivity index (χ2v) is 8.06. The molecule has 0 saturated heterocycles. The number of anilines is 1. The largest absolute Gasteiger partial charge is 0.342 e. The van der Waals surface area contributed by atoms with Gasteiger partial charge in [0.25, 0.3) is 5.91 Å². The molecule has 0 saturated carbocycles. The van der Waals surface area contributed by atoms with Crippen molar-refractivity contribution in [3.05, 3.63) is 84.0 Å². The van der Waals surface area contributed by atoms with Crippen molar-refractivity contribution in [2.45, 2.75) is 31.6 Å². The number of aromatic nitrogens is 3. The molecule has 0 unspecified atom stereocenters.